The van der Waals surface area contributed by atoms with Crippen molar-refractivity contribution in [1.29, 1.82) is 0 Å². The minimum Gasteiger partial charge on any atom is -0.438 e. The van der Waals surface area contributed by atoms with Crippen molar-refractivity contribution < 1.29 is 27.4 Å². The van der Waals surface area contributed by atoms with Gasteiger partial charge in [0.25, 0.3) is 5.91 Å². The maximum atomic E-state index is 13.1. The first kappa shape index (κ1) is 24.1. The molecule has 0 radical (unpaired) electrons. The van der Waals surface area contributed by atoms with Gasteiger partial charge >= 0.3 is 6.18 Å². The molecule has 2 aliphatic rings. The van der Waals surface area contributed by atoms with Crippen LogP contribution in [0.15, 0.2) is 48.5 Å². The summed E-state index contributed by atoms with van der Waals surface area (Å²) in [6.45, 7) is 5.05. The number of carbonyl (C=O) groups excluding carboxylic acids is 1. The third-order valence-corrected chi connectivity index (χ3v) is 6.25. The summed E-state index contributed by atoms with van der Waals surface area (Å²) >= 11 is 0. The second-order valence-corrected chi connectivity index (χ2v) is 8.82. The minimum absolute atomic E-state index is 0.193. The molecule has 0 unspecified atom stereocenters. The first-order valence-corrected chi connectivity index (χ1v) is 11.7. The molecule has 0 aliphatic carbocycles. The van der Waals surface area contributed by atoms with Gasteiger partial charge < -0.3 is 19.3 Å². The predicted molar refractivity (Wildman–Crippen MR) is 126 cm³/mol. The summed E-state index contributed by atoms with van der Waals surface area (Å²) in [4.78, 5) is 26.3. The Hall–Kier alpha value is -3.66. The highest BCUT2D eigenvalue weighted by atomic mass is 19.4. The van der Waals surface area contributed by atoms with Gasteiger partial charge in [0.1, 0.15) is 5.75 Å². The Morgan fingerprint density at radius 1 is 1.03 bits per heavy atom. The van der Waals surface area contributed by atoms with Crippen LogP contribution in [0.3, 0.4) is 0 Å². The molecule has 2 aliphatic heterocycles. The third kappa shape index (κ3) is 5.13. The molecular weight excluding hydrogens is 473 g/mol. The summed E-state index contributed by atoms with van der Waals surface area (Å²) in [5.41, 5.74) is 1.92. The summed E-state index contributed by atoms with van der Waals surface area (Å²) in [5.74, 6) is 1.20. The van der Waals surface area contributed by atoms with Crippen molar-refractivity contribution in [3.05, 3.63) is 76.5 Å². The van der Waals surface area contributed by atoms with Gasteiger partial charge in [0, 0.05) is 31.6 Å². The number of ether oxygens (including phenoxy) is 2. The fourth-order valence-corrected chi connectivity index (χ4v) is 4.31. The van der Waals surface area contributed by atoms with Crippen LogP contribution >= 0.6 is 0 Å². The van der Waals surface area contributed by atoms with Gasteiger partial charge in [-0.2, -0.15) is 18.2 Å². The Labute approximate surface area is 206 Å². The topological polar surface area (TPSA) is 67.8 Å². The molecule has 0 saturated carbocycles. The van der Waals surface area contributed by atoms with Crippen LogP contribution in [0.5, 0.6) is 11.6 Å². The number of fused-ring (bicyclic) bond motifs is 1. The van der Waals surface area contributed by atoms with Crippen LogP contribution in [0.2, 0.25) is 0 Å². The molecule has 10 heteroatoms. The van der Waals surface area contributed by atoms with E-state index in [1.165, 1.54) is 12.1 Å². The summed E-state index contributed by atoms with van der Waals surface area (Å²) in [7, 11) is 0. The van der Waals surface area contributed by atoms with E-state index in [9.17, 15) is 18.0 Å². The minimum atomic E-state index is -4.46. The van der Waals surface area contributed by atoms with Gasteiger partial charge in [-0.3, -0.25) is 4.79 Å². The molecule has 1 amide bonds. The van der Waals surface area contributed by atoms with Crippen LogP contribution in [-0.2, 0) is 23.9 Å². The number of hydrogen-bond acceptors (Lipinski definition) is 6. The first-order valence-electron chi connectivity index (χ1n) is 11.7. The summed E-state index contributed by atoms with van der Waals surface area (Å²) in [5, 5.41) is 0. The SMILES string of the molecule is Cc1cccc(Oc2nc(N3CCOCC3)nc3c2CN(C(=O)c2ccc(C(F)(F)F)cc2)CC3)c1. The smallest absolute Gasteiger partial charge is 0.416 e. The van der Waals surface area contributed by atoms with Gasteiger partial charge in [0.05, 0.1) is 36.6 Å². The molecule has 36 heavy (non-hydrogen) atoms. The van der Waals surface area contributed by atoms with Crippen LogP contribution in [0.25, 0.3) is 0 Å². The highest BCUT2D eigenvalue weighted by Crippen LogP contribution is 2.33. The maximum absolute atomic E-state index is 13.1. The van der Waals surface area contributed by atoms with Crippen LogP contribution in [0.1, 0.15) is 32.7 Å². The second kappa shape index (κ2) is 9.77. The normalized spacial score (nSPS) is 16.0. The molecule has 0 bridgehead atoms. The Morgan fingerprint density at radius 2 is 1.78 bits per heavy atom. The molecule has 188 valence electrons. The number of amides is 1. The van der Waals surface area contributed by atoms with Gasteiger partial charge in [-0.1, -0.05) is 12.1 Å². The van der Waals surface area contributed by atoms with E-state index in [0.717, 1.165) is 23.4 Å². The van der Waals surface area contributed by atoms with Gasteiger partial charge in [-0.15, -0.1) is 0 Å². The Balaban J connectivity index is 1.44. The van der Waals surface area contributed by atoms with E-state index in [0.29, 0.717) is 62.4 Å². The Kier molecular flexibility index (Phi) is 6.53. The van der Waals surface area contributed by atoms with Crippen LogP contribution in [0.4, 0.5) is 19.1 Å². The molecule has 1 aromatic heterocycles. The van der Waals surface area contributed by atoms with Crippen molar-refractivity contribution >= 4 is 11.9 Å². The van der Waals surface area contributed by atoms with E-state index in [-0.39, 0.29) is 18.0 Å². The van der Waals surface area contributed by atoms with E-state index >= 15 is 0 Å². The quantitative estimate of drug-likeness (QED) is 0.523. The molecule has 1 saturated heterocycles. The number of aryl methyl sites for hydroxylation is 1. The van der Waals surface area contributed by atoms with Crippen molar-refractivity contribution in [2.45, 2.75) is 26.1 Å². The number of rotatable bonds is 4. The van der Waals surface area contributed by atoms with E-state index in [4.69, 9.17) is 19.4 Å². The van der Waals surface area contributed by atoms with Crippen LogP contribution < -0.4 is 9.64 Å². The molecule has 5 rings (SSSR count). The van der Waals surface area contributed by atoms with Gasteiger partial charge in [-0.25, -0.2) is 4.98 Å². The number of morpholine rings is 1. The molecule has 2 aromatic carbocycles. The molecule has 0 spiro atoms. The lowest BCUT2D eigenvalue weighted by Gasteiger charge is -2.32. The standard InChI is InChI=1S/C26H25F3N4O3/c1-17-3-2-4-20(15-17)36-23-21-16-33(24(34)18-5-7-19(8-6-18)26(27,28)29)10-9-22(21)30-25(31-23)32-11-13-35-14-12-32/h2-8,15H,9-14,16H2,1H3. The van der Waals surface area contributed by atoms with Crippen molar-refractivity contribution in [1.82, 2.24) is 14.9 Å². The molecule has 1 fully saturated rings. The molecule has 7 nitrogen and oxygen atoms in total. The summed E-state index contributed by atoms with van der Waals surface area (Å²) in [6.07, 6.45) is -3.98. The lowest BCUT2D eigenvalue weighted by molar-refractivity contribution is -0.137. The van der Waals surface area contributed by atoms with Crippen LogP contribution in [0, 0.1) is 6.92 Å². The maximum Gasteiger partial charge on any atom is 0.416 e. The fourth-order valence-electron chi connectivity index (χ4n) is 4.31. The first-order chi connectivity index (χ1) is 17.3. The number of alkyl halides is 3. The largest absolute Gasteiger partial charge is 0.438 e. The number of hydrogen-bond donors (Lipinski definition) is 0. The number of carbonyl (C=O) groups is 1. The Bertz CT molecular complexity index is 1260. The monoisotopic (exact) mass is 498 g/mol. The van der Waals surface area contributed by atoms with Crippen LogP contribution in [-0.4, -0.2) is 53.6 Å². The molecule has 0 atom stereocenters. The van der Waals surface area contributed by atoms with Gasteiger partial charge in [0.15, 0.2) is 0 Å². The lowest BCUT2D eigenvalue weighted by atomic mass is 10.0. The number of nitrogens with zero attached hydrogens (tertiary/aromatic N) is 4. The van der Waals surface area contributed by atoms with Crippen molar-refractivity contribution in [2.75, 3.05) is 37.7 Å². The predicted octanol–water partition coefficient (Wildman–Crippen LogP) is 4.63. The fraction of sp³-hybridized carbons (Fsp3) is 0.346. The zero-order valence-corrected chi connectivity index (χ0v) is 19.7. The number of anilines is 1. The lowest BCUT2D eigenvalue weighted by Crippen LogP contribution is -2.39. The molecule has 3 heterocycles. The average molecular weight is 499 g/mol. The molecular formula is C26H25F3N4O3. The van der Waals surface area contributed by atoms with E-state index in [2.05, 4.69) is 0 Å². The third-order valence-electron chi connectivity index (χ3n) is 6.25. The van der Waals surface area contributed by atoms with E-state index in [1.54, 1.807) is 4.90 Å². The highest BCUT2D eigenvalue weighted by Gasteiger charge is 2.32. The van der Waals surface area contributed by atoms with E-state index < -0.39 is 11.7 Å². The average Bonchev–Trinajstić information content (AvgIpc) is 2.88. The highest BCUT2D eigenvalue weighted by molar-refractivity contribution is 5.94. The zero-order chi connectivity index (χ0) is 25.3. The Morgan fingerprint density at radius 3 is 2.47 bits per heavy atom. The van der Waals surface area contributed by atoms with Crippen molar-refractivity contribution in [3.63, 3.8) is 0 Å². The number of benzene rings is 2. The van der Waals surface area contributed by atoms with Crippen molar-refractivity contribution in [3.8, 4) is 11.6 Å². The summed E-state index contributed by atoms with van der Waals surface area (Å²) < 4.78 is 50.4. The second-order valence-electron chi connectivity index (χ2n) is 8.82. The molecule has 0 N–H and O–H groups in total. The molecule has 3 aromatic rings. The number of aromatic nitrogens is 2. The van der Waals surface area contributed by atoms with E-state index in [1.807, 2.05) is 36.1 Å². The zero-order valence-electron chi connectivity index (χ0n) is 19.7. The van der Waals surface area contributed by atoms with Crippen molar-refractivity contribution in [2.24, 2.45) is 0 Å². The number of halogens is 3. The summed E-state index contributed by atoms with van der Waals surface area (Å²) in [6, 6.07) is 11.9. The van der Waals surface area contributed by atoms with Gasteiger partial charge in [0.2, 0.25) is 11.8 Å². The van der Waals surface area contributed by atoms with Gasteiger partial charge in [-0.05, 0) is 48.9 Å².